The van der Waals surface area contributed by atoms with Crippen molar-refractivity contribution in [2.45, 2.75) is 25.7 Å². The lowest BCUT2D eigenvalue weighted by Crippen LogP contribution is -2.34. The Hall–Kier alpha value is -2.89. The number of pyridine rings is 1. The summed E-state index contributed by atoms with van der Waals surface area (Å²) in [4.78, 5) is 22.0. The van der Waals surface area contributed by atoms with Gasteiger partial charge in [-0.3, -0.25) is 0 Å². The second-order valence-electron chi connectivity index (χ2n) is 6.79. The fourth-order valence-corrected chi connectivity index (χ4v) is 3.88. The van der Waals surface area contributed by atoms with E-state index < -0.39 is 0 Å². The van der Waals surface area contributed by atoms with Crippen LogP contribution in [0.1, 0.15) is 41.6 Å². The molecule has 5 nitrogen and oxygen atoms in total. The van der Waals surface area contributed by atoms with E-state index in [1.54, 1.807) is 25.3 Å². The molecule has 1 aliphatic heterocycles. The minimum absolute atomic E-state index is 0.229. The third-order valence-corrected chi connectivity index (χ3v) is 5.19. The Morgan fingerprint density at radius 2 is 2.15 bits per heavy atom. The van der Waals surface area contributed by atoms with E-state index in [1.807, 2.05) is 12.3 Å². The van der Waals surface area contributed by atoms with Crippen molar-refractivity contribution in [3.63, 3.8) is 0 Å². The molecule has 2 aromatic heterocycles. The van der Waals surface area contributed by atoms with E-state index in [1.165, 1.54) is 17.7 Å². The first-order valence-electron chi connectivity index (χ1n) is 9.31. The van der Waals surface area contributed by atoms with Gasteiger partial charge in [-0.25, -0.2) is 14.2 Å². The molecule has 0 atom stereocenters. The van der Waals surface area contributed by atoms with Crippen LogP contribution in [0.3, 0.4) is 0 Å². The number of carbonyl (C=O) groups excluding carboxylic acids is 1. The number of hydrogen-bond acceptors (Lipinski definition) is 4. The van der Waals surface area contributed by atoms with Gasteiger partial charge in [0.1, 0.15) is 17.2 Å². The van der Waals surface area contributed by atoms with E-state index in [0.29, 0.717) is 23.9 Å². The topological polar surface area (TPSA) is 58.2 Å². The molecule has 0 unspecified atom stereocenters. The van der Waals surface area contributed by atoms with E-state index in [0.717, 1.165) is 36.8 Å². The Morgan fingerprint density at radius 3 is 2.93 bits per heavy atom. The Kier molecular flexibility index (Phi) is 4.79. The second-order valence-corrected chi connectivity index (χ2v) is 6.79. The van der Waals surface area contributed by atoms with Gasteiger partial charge >= 0.3 is 5.97 Å². The molecule has 3 heterocycles. The minimum atomic E-state index is -0.332. The summed E-state index contributed by atoms with van der Waals surface area (Å²) < 4.78 is 18.6. The number of rotatable bonds is 4. The van der Waals surface area contributed by atoms with Gasteiger partial charge < -0.3 is 14.6 Å². The van der Waals surface area contributed by atoms with Gasteiger partial charge in [0, 0.05) is 36.4 Å². The maximum atomic E-state index is 13.4. The lowest BCUT2D eigenvalue weighted by Gasteiger charge is -2.33. The largest absolute Gasteiger partial charge is 0.462 e. The van der Waals surface area contributed by atoms with Crippen LogP contribution in [0.25, 0.3) is 10.9 Å². The number of piperidine rings is 1. The van der Waals surface area contributed by atoms with Crippen LogP contribution in [-0.2, 0) is 4.74 Å². The standard InChI is InChI=1S/C21H22FN3O2/c1-2-27-21(26)17-4-3-9-23-20(17)25-10-7-14(8-11-25)18-13-24-19-12-15(22)5-6-16(18)19/h3-6,9,12-14,24H,2,7-8,10-11H2,1H3. The molecule has 0 radical (unpaired) electrons. The Bertz CT molecular complexity index is 961. The molecule has 4 rings (SSSR count). The van der Waals surface area contributed by atoms with E-state index >= 15 is 0 Å². The molecule has 6 heteroatoms. The highest BCUT2D eigenvalue weighted by atomic mass is 19.1. The average Bonchev–Trinajstić information content (AvgIpc) is 3.11. The maximum Gasteiger partial charge on any atom is 0.341 e. The Balaban J connectivity index is 1.52. The number of fused-ring (bicyclic) bond motifs is 1. The smallest absolute Gasteiger partial charge is 0.341 e. The number of aromatic nitrogens is 2. The molecular weight excluding hydrogens is 345 g/mol. The fraction of sp³-hybridized carbons (Fsp3) is 0.333. The normalized spacial score (nSPS) is 15.3. The molecule has 3 aromatic rings. The zero-order valence-electron chi connectivity index (χ0n) is 15.2. The van der Waals surface area contributed by atoms with Crippen molar-refractivity contribution in [3.8, 4) is 0 Å². The number of ether oxygens (including phenoxy) is 1. The molecule has 0 saturated carbocycles. The third-order valence-electron chi connectivity index (χ3n) is 5.19. The summed E-state index contributed by atoms with van der Waals surface area (Å²) >= 11 is 0. The van der Waals surface area contributed by atoms with Crippen LogP contribution in [0, 0.1) is 5.82 Å². The Labute approximate surface area is 157 Å². The van der Waals surface area contributed by atoms with Crippen molar-refractivity contribution in [2.75, 3.05) is 24.6 Å². The number of anilines is 1. The van der Waals surface area contributed by atoms with Gasteiger partial charge in [0.2, 0.25) is 0 Å². The Morgan fingerprint density at radius 1 is 1.33 bits per heavy atom. The van der Waals surface area contributed by atoms with Gasteiger partial charge in [-0.2, -0.15) is 0 Å². The second kappa shape index (κ2) is 7.39. The highest BCUT2D eigenvalue weighted by molar-refractivity contribution is 5.94. The van der Waals surface area contributed by atoms with Crippen LogP contribution in [0.2, 0.25) is 0 Å². The number of carbonyl (C=O) groups is 1. The molecule has 1 aromatic carbocycles. The van der Waals surface area contributed by atoms with E-state index in [4.69, 9.17) is 4.74 Å². The zero-order chi connectivity index (χ0) is 18.8. The van der Waals surface area contributed by atoms with Gasteiger partial charge in [0.25, 0.3) is 0 Å². The summed E-state index contributed by atoms with van der Waals surface area (Å²) in [6, 6.07) is 8.41. The molecule has 0 aliphatic carbocycles. The van der Waals surface area contributed by atoms with Gasteiger partial charge in [-0.15, -0.1) is 0 Å². The lowest BCUT2D eigenvalue weighted by molar-refractivity contribution is 0.0526. The zero-order valence-corrected chi connectivity index (χ0v) is 15.2. The molecule has 0 bridgehead atoms. The first kappa shape index (κ1) is 17.5. The van der Waals surface area contributed by atoms with Crippen LogP contribution in [0.15, 0.2) is 42.7 Å². The first-order valence-corrected chi connectivity index (χ1v) is 9.31. The highest BCUT2D eigenvalue weighted by Crippen LogP contribution is 2.35. The van der Waals surface area contributed by atoms with Crippen LogP contribution in [-0.4, -0.2) is 35.6 Å². The molecule has 0 amide bonds. The van der Waals surface area contributed by atoms with Gasteiger partial charge in [-0.05, 0) is 61.6 Å². The number of nitrogens with one attached hydrogen (secondary N) is 1. The molecule has 0 spiro atoms. The van der Waals surface area contributed by atoms with E-state index in [9.17, 15) is 9.18 Å². The molecule has 1 fully saturated rings. The molecule has 1 aliphatic rings. The van der Waals surface area contributed by atoms with Crippen molar-refractivity contribution >= 4 is 22.7 Å². The van der Waals surface area contributed by atoms with Crippen LogP contribution < -0.4 is 4.90 Å². The van der Waals surface area contributed by atoms with Crippen molar-refractivity contribution in [2.24, 2.45) is 0 Å². The number of nitrogens with zero attached hydrogens (tertiary/aromatic N) is 2. The SMILES string of the molecule is CCOC(=O)c1cccnc1N1CCC(c2c[nH]c3cc(F)ccc23)CC1. The predicted molar refractivity (Wildman–Crippen MR) is 103 cm³/mol. The molecule has 27 heavy (non-hydrogen) atoms. The lowest BCUT2D eigenvalue weighted by atomic mass is 9.89. The number of esters is 1. The van der Waals surface area contributed by atoms with Crippen molar-refractivity contribution in [3.05, 3.63) is 59.7 Å². The average molecular weight is 367 g/mol. The molecule has 140 valence electrons. The highest BCUT2D eigenvalue weighted by Gasteiger charge is 2.26. The van der Waals surface area contributed by atoms with Crippen LogP contribution in [0.4, 0.5) is 10.2 Å². The van der Waals surface area contributed by atoms with Crippen molar-refractivity contribution in [1.29, 1.82) is 0 Å². The van der Waals surface area contributed by atoms with Crippen LogP contribution in [0.5, 0.6) is 0 Å². The van der Waals surface area contributed by atoms with Gasteiger partial charge in [0.15, 0.2) is 0 Å². The van der Waals surface area contributed by atoms with E-state index in [2.05, 4.69) is 14.9 Å². The van der Waals surface area contributed by atoms with Gasteiger partial charge in [-0.1, -0.05) is 0 Å². The van der Waals surface area contributed by atoms with Crippen molar-refractivity contribution < 1.29 is 13.9 Å². The third kappa shape index (κ3) is 3.39. The summed E-state index contributed by atoms with van der Waals surface area (Å²) in [5.41, 5.74) is 2.58. The van der Waals surface area contributed by atoms with Gasteiger partial charge in [0.05, 0.1) is 6.61 Å². The monoisotopic (exact) mass is 367 g/mol. The van der Waals surface area contributed by atoms with E-state index in [-0.39, 0.29) is 11.8 Å². The van der Waals surface area contributed by atoms with Crippen molar-refractivity contribution in [1.82, 2.24) is 9.97 Å². The molecular formula is C21H22FN3O2. The maximum absolute atomic E-state index is 13.4. The number of benzene rings is 1. The summed E-state index contributed by atoms with van der Waals surface area (Å²) in [5.74, 6) is 0.527. The fourth-order valence-electron chi connectivity index (χ4n) is 3.88. The number of hydrogen-bond donors (Lipinski definition) is 1. The summed E-state index contributed by atoms with van der Waals surface area (Å²) in [6.07, 6.45) is 5.60. The summed E-state index contributed by atoms with van der Waals surface area (Å²) in [7, 11) is 0. The quantitative estimate of drug-likeness (QED) is 0.700. The number of halogens is 1. The number of H-pyrrole nitrogens is 1. The summed E-state index contributed by atoms with van der Waals surface area (Å²) in [6.45, 7) is 3.76. The number of aromatic amines is 1. The summed E-state index contributed by atoms with van der Waals surface area (Å²) in [5, 5.41) is 1.08. The first-order chi connectivity index (χ1) is 13.2. The molecule has 1 N–H and O–H groups in total. The van der Waals surface area contributed by atoms with Crippen LogP contribution >= 0.6 is 0 Å². The minimum Gasteiger partial charge on any atom is -0.462 e. The molecule has 1 saturated heterocycles. The predicted octanol–water partition coefficient (Wildman–Crippen LogP) is 4.26.